The van der Waals surface area contributed by atoms with E-state index in [2.05, 4.69) is 0 Å². The normalized spacial score (nSPS) is 18.9. The highest BCUT2D eigenvalue weighted by molar-refractivity contribution is 6.46. The van der Waals surface area contributed by atoms with Gasteiger partial charge >= 0.3 is 0 Å². The monoisotopic (exact) mass is 384 g/mol. The number of rotatable bonds is 7. The van der Waals surface area contributed by atoms with E-state index in [4.69, 9.17) is 9.15 Å². The fourth-order valence-corrected chi connectivity index (χ4v) is 3.37. The molecule has 3 rings (SSSR count). The van der Waals surface area contributed by atoms with Crippen LogP contribution in [0.5, 0.6) is 5.75 Å². The van der Waals surface area contributed by atoms with Gasteiger partial charge in [0.1, 0.15) is 17.6 Å². The van der Waals surface area contributed by atoms with Crippen molar-refractivity contribution in [3.8, 4) is 5.75 Å². The van der Waals surface area contributed by atoms with E-state index in [0.29, 0.717) is 30.0 Å². The van der Waals surface area contributed by atoms with Crippen molar-refractivity contribution < 1.29 is 28.7 Å². The van der Waals surface area contributed by atoms with Crippen LogP contribution in [0.1, 0.15) is 23.8 Å². The second kappa shape index (κ2) is 8.31. The number of nitrogens with zero attached hydrogens (tertiary/aromatic N) is 1. The highest BCUT2D eigenvalue weighted by atomic mass is 16.5. The number of ketones is 1. The van der Waals surface area contributed by atoms with Crippen molar-refractivity contribution in [1.82, 2.24) is 4.90 Å². The first kappa shape index (κ1) is 19.7. The van der Waals surface area contributed by atoms with Gasteiger partial charge in [-0.2, -0.15) is 0 Å². The highest BCUT2D eigenvalue weighted by Gasteiger charge is 2.45. The summed E-state index contributed by atoms with van der Waals surface area (Å²) in [6, 6.07) is 9.09. The van der Waals surface area contributed by atoms with Gasteiger partial charge in [-0.05, 0) is 29.8 Å². The summed E-state index contributed by atoms with van der Waals surface area (Å²) >= 11 is 0. The smallest absolute Gasteiger partial charge is 0.295 e. The largest absolute Gasteiger partial charge is 0.872 e. The van der Waals surface area contributed by atoms with Crippen LogP contribution in [0, 0.1) is 0 Å². The molecule has 0 spiro atoms. The molecular formula is C21H24N2O5. The lowest BCUT2D eigenvalue weighted by Crippen LogP contribution is -3.05. The molecule has 2 heterocycles. The Labute approximate surface area is 163 Å². The number of carbonyl (C=O) groups excluding carboxylic acids is 2. The highest BCUT2D eigenvalue weighted by Crippen LogP contribution is 2.39. The van der Waals surface area contributed by atoms with Crippen molar-refractivity contribution in [2.75, 3.05) is 34.3 Å². The molecule has 1 atom stereocenters. The van der Waals surface area contributed by atoms with Gasteiger partial charge in [0.2, 0.25) is 5.78 Å². The average Bonchev–Trinajstić information content (AvgIpc) is 3.29. The molecule has 1 aliphatic heterocycles. The van der Waals surface area contributed by atoms with E-state index < -0.39 is 23.5 Å². The first-order chi connectivity index (χ1) is 13.4. The van der Waals surface area contributed by atoms with Gasteiger partial charge < -0.3 is 24.1 Å². The van der Waals surface area contributed by atoms with Crippen LogP contribution in [0.2, 0.25) is 0 Å². The lowest BCUT2D eigenvalue weighted by molar-refractivity contribution is -0.858. The summed E-state index contributed by atoms with van der Waals surface area (Å²) in [4.78, 5) is 28.1. The molecule has 28 heavy (non-hydrogen) atoms. The molecular weight excluding hydrogens is 360 g/mol. The number of hydrogen-bond donors (Lipinski definition) is 1. The van der Waals surface area contributed by atoms with Crippen LogP contribution in [-0.2, 0) is 9.59 Å². The molecule has 1 amide bonds. The quantitative estimate of drug-likeness (QED) is 0.414. The van der Waals surface area contributed by atoms with Gasteiger partial charge in [-0.25, -0.2) is 0 Å². The van der Waals surface area contributed by atoms with Crippen LogP contribution in [0.3, 0.4) is 0 Å². The maximum atomic E-state index is 13.2. The Morgan fingerprint density at radius 1 is 1.25 bits per heavy atom. The van der Waals surface area contributed by atoms with Crippen LogP contribution < -0.4 is 14.7 Å². The van der Waals surface area contributed by atoms with E-state index in [1.54, 1.807) is 36.4 Å². The third-order valence-corrected chi connectivity index (χ3v) is 4.75. The molecule has 0 radical (unpaired) electrons. The minimum atomic E-state index is -0.814. The van der Waals surface area contributed by atoms with E-state index in [0.717, 1.165) is 6.54 Å². The molecule has 1 N–H and O–H groups in total. The summed E-state index contributed by atoms with van der Waals surface area (Å²) in [5, 5.41) is 13.2. The number of nitrogens with one attached hydrogen (secondary N) is 1. The lowest BCUT2D eigenvalue weighted by atomic mass is 9.99. The SMILES string of the molecule is COc1cccc(C([O-])=C2C(=O)C(=O)N(CCC[NH+](C)C)C2c2ccco2)c1. The van der Waals surface area contributed by atoms with E-state index in [1.165, 1.54) is 23.2 Å². The van der Waals surface area contributed by atoms with Crippen molar-refractivity contribution in [2.24, 2.45) is 0 Å². The van der Waals surface area contributed by atoms with E-state index in [1.807, 2.05) is 14.1 Å². The summed E-state index contributed by atoms with van der Waals surface area (Å²) in [5.74, 6) is -1.02. The summed E-state index contributed by atoms with van der Waals surface area (Å²) in [5.41, 5.74) is 0.219. The zero-order valence-corrected chi connectivity index (χ0v) is 16.2. The Morgan fingerprint density at radius 3 is 2.68 bits per heavy atom. The number of carbonyl (C=O) groups is 2. The van der Waals surface area contributed by atoms with Crippen LogP contribution in [-0.4, -0.2) is 50.9 Å². The number of Topliss-reactive ketones (excluding diaryl/α,β-unsaturated/α-hetero) is 1. The van der Waals surface area contributed by atoms with Gasteiger partial charge in [0.25, 0.3) is 5.91 Å². The Kier molecular flexibility index (Phi) is 5.84. The Bertz CT molecular complexity index is 886. The van der Waals surface area contributed by atoms with Crippen molar-refractivity contribution >= 4 is 17.4 Å². The Hall–Kier alpha value is -3.06. The van der Waals surface area contributed by atoms with Gasteiger partial charge in [0, 0.05) is 18.5 Å². The second-order valence-corrected chi connectivity index (χ2v) is 7.03. The van der Waals surface area contributed by atoms with Crippen molar-refractivity contribution in [1.29, 1.82) is 0 Å². The average molecular weight is 384 g/mol. The summed E-state index contributed by atoms with van der Waals surface area (Å²) in [6.07, 6.45) is 2.18. The van der Waals surface area contributed by atoms with Gasteiger partial charge in [-0.1, -0.05) is 17.9 Å². The minimum absolute atomic E-state index is 0.0783. The maximum absolute atomic E-state index is 13.2. The number of quaternary nitrogens is 1. The zero-order chi connectivity index (χ0) is 20.3. The molecule has 1 aromatic carbocycles. The minimum Gasteiger partial charge on any atom is -0.872 e. The maximum Gasteiger partial charge on any atom is 0.295 e. The molecule has 7 heteroatoms. The van der Waals surface area contributed by atoms with Crippen molar-refractivity contribution in [2.45, 2.75) is 12.5 Å². The second-order valence-electron chi connectivity index (χ2n) is 7.03. The molecule has 1 fully saturated rings. The molecule has 7 nitrogen and oxygen atoms in total. The number of amides is 1. The number of methoxy groups -OCH3 is 1. The first-order valence-corrected chi connectivity index (χ1v) is 9.17. The fraction of sp³-hybridized carbons (Fsp3) is 0.333. The number of likely N-dealkylation sites (tertiary alicyclic amines) is 1. The Morgan fingerprint density at radius 2 is 2.04 bits per heavy atom. The molecule has 0 saturated carbocycles. The van der Waals surface area contributed by atoms with Gasteiger partial charge in [0.05, 0.1) is 34.0 Å². The molecule has 1 saturated heterocycles. The summed E-state index contributed by atoms with van der Waals surface area (Å²) < 4.78 is 10.7. The molecule has 2 aromatic rings. The van der Waals surface area contributed by atoms with Crippen LogP contribution in [0.25, 0.3) is 5.76 Å². The van der Waals surface area contributed by atoms with Gasteiger partial charge in [0.15, 0.2) is 0 Å². The van der Waals surface area contributed by atoms with Crippen LogP contribution >= 0.6 is 0 Å². The van der Waals surface area contributed by atoms with Crippen LogP contribution in [0.15, 0.2) is 52.7 Å². The molecule has 1 aliphatic rings. The van der Waals surface area contributed by atoms with Gasteiger partial charge in [-0.15, -0.1) is 0 Å². The number of benzene rings is 1. The third-order valence-electron chi connectivity index (χ3n) is 4.75. The van der Waals surface area contributed by atoms with Crippen LogP contribution in [0.4, 0.5) is 0 Å². The zero-order valence-electron chi connectivity index (χ0n) is 16.2. The summed E-state index contributed by atoms with van der Waals surface area (Å²) in [7, 11) is 5.54. The standard InChI is InChI=1S/C21H24N2O5/c1-22(2)10-6-11-23-18(16-9-5-12-28-16)17(20(25)21(23)26)19(24)14-7-4-8-15(13-14)27-3/h4-5,7-9,12-13,18,24H,6,10-11H2,1-3H3. The van der Waals surface area contributed by atoms with Crippen molar-refractivity contribution in [3.63, 3.8) is 0 Å². The lowest BCUT2D eigenvalue weighted by Gasteiger charge is -2.25. The number of hydrogen-bond acceptors (Lipinski definition) is 5. The van der Waals surface area contributed by atoms with E-state index in [9.17, 15) is 14.7 Å². The molecule has 1 aromatic heterocycles. The van der Waals surface area contributed by atoms with E-state index >= 15 is 0 Å². The van der Waals surface area contributed by atoms with Gasteiger partial charge in [-0.3, -0.25) is 9.59 Å². The molecule has 0 aliphatic carbocycles. The predicted molar refractivity (Wildman–Crippen MR) is 100 cm³/mol. The van der Waals surface area contributed by atoms with Crippen molar-refractivity contribution in [3.05, 3.63) is 59.6 Å². The topological polar surface area (TPSA) is 87.2 Å². The van der Waals surface area contributed by atoms with E-state index in [-0.39, 0.29) is 5.57 Å². The fourth-order valence-electron chi connectivity index (χ4n) is 3.37. The predicted octanol–water partition coefficient (Wildman–Crippen LogP) is 0.0468. The Balaban J connectivity index is 2.04. The molecule has 148 valence electrons. The summed E-state index contributed by atoms with van der Waals surface area (Å²) in [6.45, 7) is 1.21. The third kappa shape index (κ3) is 3.80. The molecule has 0 bridgehead atoms. The first-order valence-electron chi connectivity index (χ1n) is 9.17. The number of ether oxygens (including phenoxy) is 1. The number of furan rings is 1. The molecule has 1 unspecified atom stereocenters.